The largest absolute Gasteiger partial charge is 0.484 e. The summed E-state index contributed by atoms with van der Waals surface area (Å²) in [5.41, 5.74) is 0. The molecule has 112 valence electrons. The van der Waals surface area contributed by atoms with Crippen LogP contribution in [-0.2, 0) is 14.4 Å². The van der Waals surface area contributed by atoms with E-state index in [2.05, 4.69) is 21.2 Å². The summed E-state index contributed by atoms with van der Waals surface area (Å²) in [4.78, 5) is 36.5. The maximum Gasteiger partial charge on any atom is 0.261 e. The Morgan fingerprint density at radius 2 is 2.24 bits per heavy atom. The van der Waals surface area contributed by atoms with Crippen molar-refractivity contribution in [3.8, 4) is 5.75 Å². The number of halogens is 1. The van der Waals surface area contributed by atoms with E-state index in [0.717, 1.165) is 4.47 Å². The first-order valence-electron chi connectivity index (χ1n) is 6.52. The van der Waals surface area contributed by atoms with Crippen molar-refractivity contribution in [3.63, 3.8) is 0 Å². The number of piperazine rings is 1. The first-order chi connectivity index (χ1) is 10.0. The molecule has 1 aromatic carbocycles. The fourth-order valence-electron chi connectivity index (χ4n) is 2.12. The highest BCUT2D eigenvalue weighted by Gasteiger charge is 2.35. The van der Waals surface area contributed by atoms with Crippen LogP contribution in [-0.4, -0.2) is 41.8 Å². The molecule has 1 heterocycles. The molecule has 1 aliphatic heterocycles. The van der Waals surface area contributed by atoms with Crippen LogP contribution in [0.1, 0.15) is 13.3 Å². The number of nitrogens with one attached hydrogen (secondary N) is 1. The minimum atomic E-state index is -0.624. The van der Waals surface area contributed by atoms with Gasteiger partial charge in [0.15, 0.2) is 6.61 Å². The summed E-state index contributed by atoms with van der Waals surface area (Å²) >= 11 is 3.31. The quantitative estimate of drug-likeness (QED) is 0.821. The van der Waals surface area contributed by atoms with Gasteiger partial charge in [0, 0.05) is 4.47 Å². The van der Waals surface area contributed by atoms with E-state index in [1.54, 1.807) is 25.1 Å². The Labute approximate surface area is 130 Å². The van der Waals surface area contributed by atoms with Gasteiger partial charge in [-0.2, -0.15) is 0 Å². The highest BCUT2D eigenvalue weighted by Crippen LogP contribution is 2.18. The number of ether oxygens (including phenoxy) is 1. The molecule has 6 nitrogen and oxygen atoms in total. The molecular formula is C14H15BrN2O4. The number of imide groups is 1. The molecule has 3 amide bonds. The van der Waals surface area contributed by atoms with E-state index in [1.807, 2.05) is 6.07 Å². The maximum absolute atomic E-state index is 12.2. The van der Waals surface area contributed by atoms with Crippen LogP contribution in [0, 0.1) is 0 Å². The van der Waals surface area contributed by atoms with Gasteiger partial charge in [0.05, 0.1) is 0 Å². The number of nitrogens with zero attached hydrogens (tertiary/aromatic N) is 1. The van der Waals surface area contributed by atoms with E-state index in [9.17, 15) is 14.4 Å². The molecule has 0 aromatic heterocycles. The molecule has 7 heteroatoms. The first kappa shape index (κ1) is 15.5. The topological polar surface area (TPSA) is 75.7 Å². The molecule has 0 bridgehead atoms. The minimum absolute atomic E-state index is 0.120. The normalized spacial score (nSPS) is 18.4. The van der Waals surface area contributed by atoms with E-state index in [4.69, 9.17) is 4.74 Å². The molecule has 1 saturated heterocycles. The molecule has 2 rings (SSSR count). The smallest absolute Gasteiger partial charge is 0.261 e. The minimum Gasteiger partial charge on any atom is -0.484 e. The van der Waals surface area contributed by atoms with Gasteiger partial charge in [-0.15, -0.1) is 0 Å². The summed E-state index contributed by atoms with van der Waals surface area (Å²) in [6, 6.07) is 6.47. The summed E-state index contributed by atoms with van der Waals surface area (Å²) in [6.45, 7) is 1.45. The van der Waals surface area contributed by atoms with Crippen LogP contribution in [0.3, 0.4) is 0 Å². The van der Waals surface area contributed by atoms with Crippen LogP contribution < -0.4 is 10.1 Å². The van der Waals surface area contributed by atoms with E-state index in [-0.39, 0.29) is 19.1 Å². The van der Waals surface area contributed by atoms with Gasteiger partial charge in [0.25, 0.3) is 5.91 Å². The predicted molar refractivity (Wildman–Crippen MR) is 78.6 cm³/mol. The Bertz CT molecular complexity index is 576. The summed E-state index contributed by atoms with van der Waals surface area (Å²) in [5.74, 6) is -0.756. The summed E-state index contributed by atoms with van der Waals surface area (Å²) in [7, 11) is 0. The number of carbonyl (C=O) groups excluding carboxylic acids is 3. The molecule has 0 radical (unpaired) electrons. The second kappa shape index (κ2) is 6.71. The van der Waals surface area contributed by atoms with Crippen molar-refractivity contribution in [2.45, 2.75) is 19.4 Å². The average Bonchev–Trinajstić information content (AvgIpc) is 2.44. The van der Waals surface area contributed by atoms with E-state index in [1.165, 1.54) is 4.90 Å². The Hall–Kier alpha value is -1.89. The number of amides is 3. The molecule has 1 unspecified atom stereocenters. The lowest BCUT2D eigenvalue weighted by Crippen LogP contribution is -2.60. The summed E-state index contributed by atoms with van der Waals surface area (Å²) < 4.78 is 6.24. The highest BCUT2D eigenvalue weighted by molar-refractivity contribution is 9.10. The lowest BCUT2D eigenvalue weighted by atomic mass is 10.1. The second-order valence-corrected chi connectivity index (χ2v) is 5.52. The zero-order valence-electron chi connectivity index (χ0n) is 11.5. The van der Waals surface area contributed by atoms with E-state index >= 15 is 0 Å². The molecule has 1 N–H and O–H groups in total. The van der Waals surface area contributed by atoms with Crippen molar-refractivity contribution in [1.29, 1.82) is 0 Å². The summed E-state index contributed by atoms with van der Waals surface area (Å²) in [5, 5.41) is 2.23. The van der Waals surface area contributed by atoms with Crippen molar-refractivity contribution in [2.75, 3.05) is 13.2 Å². The van der Waals surface area contributed by atoms with Crippen LogP contribution in [0.25, 0.3) is 0 Å². The predicted octanol–water partition coefficient (Wildman–Crippen LogP) is 1.09. The fraction of sp³-hybridized carbons (Fsp3) is 0.357. The molecule has 0 aliphatic carbocycles. The second-order valence-electron chi connectivity index (χ2n) is 4.60. The standard InChI is InChI=1S/C14H15BrN2O4/c1-2-11-14(20)16-12(18)7-17(11)13(19)8-21-10-5-3-4-9(15)6-10/h3-6,11H,2,7-8H2,1H3,(H,16,18,20). The van der Waals surface area contributed by atoms with Crippen molar-refractivity contribution in [1.82, 2.24) is 10.2 Å². The number of hydrogen-bond acceptors (Lipinski definition) is 4. The third-order valence-corrected chi connectivity index (χ3v) is 3.61. The molecular weight excluding hydrogens is 340 g/mol. The maximum atomic E-state index is 12.2. The molecule has 21 heavy (non-hydrogen) atoms. The Morgan fingerprint density at radius 3 is 2.90 bits per heavy atom. The zero-order chi connectivity index (χ0) is 15.4. The van der Waals surface area contributed by atoms with E-state index < -0.39 is 17.9 Å². The highest BCUT2D eigenvalue weighted by atomic mass is 79.9. The van der Waals surface area contributed by atoms with Gasteiger partial charge in [-0.05, 0) is 24.6 Å². The number of hydrogen-bond donors (Lipinski definition) is 1. The van der Waals surface area contributed by atoms with Gasteiger partial charge in [-0.1, -0.05) is 28.9 Å². The monoisotopic (exact) mass is 354 g/mol. The first-order valence-corrected chi connectivity index (χ1v) is 7.32. The molecule has 0 saturated carbocycles. The molecule has 1 atom stereocenters. The van der Waals surface area contributed by atoms with Crippen LogP contribution in [0.15, 0.2) is 28.7 Å². The van der Waals surface area contributed by atoms with Crippen molar-refractivity contribution < 1.29 is 19.1 Å². The van der Waals surface area contributed by atoms with Gasteiger partial charge in [-0.3, -0.25) is 19.7 Å². The van der Waals surface area contributed by atoms with Gasteiger partial charge >= 0.3 is 0 Å². The van der Waals surface area contributed by atoms with Gasteiger partial charge in [0.2, 0.25) is 11.8 Å². The van der Waals surface area contributed by atoms with Crippen LogP contribution >= 0.6 is 15.9 Å². The fourth-order valence-corrected chi connectivity index (χ4v) is 2.50. The van der Waals surface area contributed by atoms with Crippen LogP contribution in [0.5, 0.6) is 5.75 Å². The molecule has 1 aliphatic rings. The van der Waals surface area contributed by atoms with Crippen LogP contribution in [0.4, 0.5) is 0 Å². The van der Waals surface area contributed by atoms with Crippen molar-refractivity contribution >= 4 is 33.7 Å². The summed E-state index contributed by atoms with van der Waals surface area (Å²) in [6.07, 6.45) is 0.446. The van der Waals surface area contributed by atoms with Gasteiger partial charge in [-0.25, -0.2) is 0 Å². The number of benzene rings is 1. The number of carbonyl (C=O) groups is 3. The lowest BCUT2D eigenvalue weighted by Gasteiger charge is -2.33. The third kappa shape index (κ3) is 3.81. The van der Waals surface area contributed by atoms with E-state index in [0.29, 0.717) is 12.2 Å². The Balaban J connectivity index is 2.01. The zero-order valence-corrected chi connectivity index (χ0v) is 13.1. The van der Waals surface area contributed by atoms with Crippen molar-refractivity contribution in [2.24, 2.45) is 0 Å². The van der Waals surface area contributed by atoms with Gasteiger partial charge < -0.3 is 9.64 Å². The molecule has 1 aromatic rings. The lowest BCUT2D eigenvalue weighted by molar-refractivity contribution is -0.151. The average molecular weight is 355 g/mol. The van der Waals surface area contributed by atoms with Crippen LogP contribution in [0.2, 0.25) is 0 Å². The molecule has 1 fully saturated rings. The van der Waals surface area contributed by atoms with Gasteiger partial charge in [0.1, 0.15) is 18.3 Å². The number of rotatable bonds is 4. The third-order valence-electron chi connectivity index (χ3n) is 3.12. The SMILES string of the molecule is CCC1C(=O)NC(=O)CN1C(=O)COc1cccc(Br)c1. The molecule has 0 spiro atoms. The Morgan fingerprint density at radius 1 is 1.48 bits per heavy atom. The Kier molecular flexibility index (Phi) is 4.95. The van der Waals surface area contributed by atoms with Crippen molar-refractivity contribution in [3.05, 3.63) is 28.7 Å².